The van der Waals surface area contributed by atoms with Crippen LogP contribution in [0.1, 0.15) is 12.8 Å². The van der Waals surface area contributed by atoms with E-state index in [9.17, 15) is 0 Å². The van der Waals surface area contributed by atoms with Crippen molar-refractivity contribution in [1.82, 2.24) is 0 Å². The Kier molecular flexibility index (Phi) is 3.74. The second kappa shape index (κ2) is 5.27. The standard InChI is InChI=1S/C13H20N2O2/c1-15(9-12-4-3-5-17-12)11-6-10(14)7-13(8-11)16-2/h6-8,12H,3-5,9,14H2,1-2H3. The summed E-state index contributed by atoms with van der Waals surface area (Å²) in [5, 5.41) is 0. The first-order valence-corrected chi connectivity index (χ1v) is 5.96. The number of anilines is 2. The third kappa shape index (κ3) is 3.03. The van der Waals surface area contributed by atoms with Crippen molar-refractivity contribution in [1.29, 1.82) is 0 Å². The molecule has 1 saturated heterocycles. The van der Waals surface area contributed by atoms with Crippen LogP contribution in [0.3, 0.4) is 0 Å². The molecule has 2 N–H and O–H groups in total. The van der Waals surface area contributed by atoms with Gasteiger partial charge in [-0.05, 0) is 18.9 Å². The van der Waals surface area contributed by atoms with Gasteiger partial charge in [0, 0.05) is 43.7 Å². The van der Waals surface area contributed by atoms with Crippen LogP contribution in [0.4, 0.5) is 11.4 Å². The number of benzene rings is 1. The summed E-state index contributed by atoms with van der Waals surface area (Å²) in [6.45, 7) is 1.78. The molecular formula is C13H20N2O2. The van der Waals surface area contributed by atoms with Gasteiger partial charge >= 0.3 is 0 Å². The maximum Gasteiger partial charge on any atom is 0.122 e. The minimum atomic E-state index is 0.340. The predicted molar refractivity (Wildman–Crippen MR) is 69.7 cm³/mol. The molecule has 1 unspecified atom stereocenters. The SMILES string of the molecule is COc1cc(N)cc(N(C)CC2CCCO2)c1. The average molecular weight is 236 g/mol. The lowest BCUT2D eigenvalue weighted by Crippen LogP contribution is -2.28. The Morgan fingerprint density at radius 2 is 2.29 bits per heavy atom. The third-order valence-corrected chi connectivity index (χ3v) is 3.09. The van der Waals surface area contributed by atoms with Gasteiger partial charge in [-0.25, -0.2) is 0 Å². The van der Waals surface area contributed by atoms with E-state index in [0.717, 1.165) is 36.7 Å². The highest BCUT2D eigenvalue weighted by Crippen LogP contribution is 2.25. The number of hydrogen-bond acceptors (Lipinski definition) is 4. The number of methoxy groups -OCH3 is 1. The van der Waals surface area contributed by atoms with Crippen molar-refractivity contribution in [2.45, 2.75) is 18.9 Å². The summed E-state index contributed by atoms with van der Waals surface area (Å²) in [7, 11) is 3.70. The summed E-state index contributed by atoms with van der Waals surface area (Å²) in [6, 6.07) is 5.77. The highest BCUT2D eigenvalue weighted by Gasteiger charge is 2.17. The molecular weight excluding hydrogens is 216 g/mol. The second-order valence-corrected chi connectivity index (χ2v) is 4.48. The molecule has 1 aromatic carbocycles. The molecule has 2 rings (SSSR count). The van der Waals surface area contributed by atoms with Gasteiger partial charge in [-0.3, -0.25) is 0 Å². The summed E-state index contributed by atoms with van der Waals surface area (Å²) < 4.78 is 10.8. The van der Waals surface area contributed by atoms with E-state index in [0.29, 0.717) is 6.10 Å². The number of likely N-dealkylation sites (N-methyl/N-ethyl adjacent to an activating group) is 1. The Morgan fingerprint density at radius 3 is 2.94 bits per heavy atom. The van der Waals surface area contributed by atoms with Gasteiger partial charge in [0.15, 0.2) is 0 Å². The van der Waals surface area contributed by atoms with Gasteiger partial charge in [-0.15, -0.1) is 0 Å². The minimum absolute atomic E-state index is 0.340. The highest BCUT2D eigenvalue weighted by atomic mass is 16.5. The first kappa shape index (κ1) is 12.0. The predicted octanol–water partition coefficient (Wildman–Crippen LogP) is 1.89. The third-order valence-electron chi connectivity index (χ3n) is 3.09. The average Bonchev–Trinajstić information content (AvgIpc) is 2.81. The molecule has 0 saturated carbocycles. The molecule has 94 valence electrons. The van der Waals surface area contributed by atoms with Crippen LogP contribution in [-0.4, -0.2) is 33.4 Å². The van der Waals surface area contributed by atoms with Gasteiger partial charge in [0.25, 0.3) is 0 Å². The summed E-state index contributed by atoms with van der Waals surface area (Å²) in [6.07, 6.45) is 2.65. The van der Waals surface area contributed by atoms with Gasteiger partial charge in [0.2, 0.25) is 0 Å². The zero-order chi connectivity index (χ0) is 12.3. The molecule has 0 aliphatic carbocycles. The number of hydrogen-bond donors (Lipinski definition) is 1. The van der Waals surface area contributed by atoms with Crippen LogP contribution in [0.15, 0.2) is 18.2 Å². The topological polar surface area (TPSA) is 47.7 Å². The largest absolute Gasteiger partial charge is 0.497 e. The van der Waals surface area contributed by atoms with Crippen LogP contribution in [0.25, 0.3) is 0 Å². The van der Waals surface area contributed by atoms with E-state index >= 15 is 0 Å². The van der Waals surface area contributed by atoms with Crippen LogP contribution in [-0.2, 0) is 4.74 Å². The fourth-order valence-corrected chi connectivity index (χ4v) is 2.14. The summed E-state index contributed by atoms with van der Waals surface area (Å²) in [5.41, 5.74) is 7.63. The van der Waals surface area contributed by atoms with E-state index in [1.165, 1.54) is 6.42 Å². The Balaban J connectivity index is 2.06. The monoisotopic (exact) mass is 236 g/mol. The van der Waals surface area contributed by atoms with Crippen molar-refractivity contribution in [3.63, 3.8) is 0 Å². The number of rotatable bonds is 4. The first-order valence-electron chi connectivity index (χ1n) is 5.96. The molecule has 1 aromatic rings. The Labute approximate surface area is 102 Å². The van der Waals surface area contributed by atoms with Crippen molar-refractivity contribution in [2.75, 3.05) is 37.9 Å². The fraction of sp³-hybridized carbons (Fsp3) is 0.538. The van der Waals surface area contributed by atoms with E-state index in [2.05, 4.69) is 11.9 Å². The molecule has 1 heterocycles. The molecule has 0 radical (unpaired) electrons. The second-order valence-electron chi connectivity index (χ2n) is 4.48. The van der Waals surface area contributed by atoms with E-state index < -0.39 is 0 Å². The number of ether oxygens (including phenoxy) is 2. The quantitative estimate of drug-likeness (QED) is 0.811. The molecule has 0 bridgehead atoms. The lowest BCUT2D eigenvalue weighted by atomic mass is 10.2. The van der Waals surface area contributed by atoms with Crippen LogP contribution >= 0.6 is 0 Å². The molecule has 17 heavy (non-hydrogen) atoms. The normalized spacial score (nSPS) is 19.3. The van der Waals surface area contributed by atoms with E-state index in [1.807, 2.05) is 18.2 Å². The Morgan fingerprint density at radius 1 is 1.47 bits per heavy atom. The molecule has 0 aromatic heterocycles. The molecule has 1 fully saturated rings. The molecule has 1 aliphatic heterocycles. The molecule has 0 amide bonds. The number of nitrogens with zero attached hydrogens (tertiary/aromatic N) is 1. The lowest BCUT2D eigenvalue weighted by Gasteiger charge is -2.23. The molecule has 0 spiro atoms. The van der Waals surface area contributed by atoms with Crippen LogP contribution in [0, 0.1) is 0 Å². The van der Waals surface area contributed by atoms with Crippen molar-refractivity contribution < 1.29 is 9.47 Å². The van der Waals surface area contributed by atoms with Crippen molar-refractivity contribution in [2.24, 2.45) is 0 Å². The van der Waals surface area contributed by atoms with Gasteiger partial charge in [0.05, 0.1) is 13.2 Å². The summed E-state index contributed by atoms with van der Waals surface area (Å²) >= 11 is 0. The van der Waals surface area contributed by atoms with Crippen molar-refractivity contribution >= 4 is 11.4 Å². The lowest BCUT2D eigenvalue weighted by molar-refractivity contribution is 0.116. The highest BCUT2D eigenvalue weighted by molar-refractivity contribution is 5.60. The van der Waals surface area contributed by atoms with Gasteiger partial charge in [0.1, 0.15) is 5.75 Å². The first-order chi connectivity index (χ1) is 8.19. The Hall–Kier alpha value is -1.42. The minimum Gasteiger partial charge on any atom is -0.497 e. The molecule has 4 nitrogen and oxygen atoms in total. The zero-order valence-corrected chi connectivity index (χ0v) is 10.5. The van der Waals surface area contributed by atoms with Crippen LogP contribution in [0.5, 0.6) is 5.75 Å². The maximum absolute atomic E-state index is 5.84. The van der Waals surface area contributed by atoms with E-state index in [4.69, 9.17) is 15.2 Å². The zero-order valence-electron chi connectivity index (χ0n) is 10.5. The van der Waals surface area contributed by atoms with Gasteiger partial charge < -0.3 is 20.1 Å². The van der Waals surface area contributed by atoms with Gasteiger partial charge in [-0.2, -0.15) is 0 Å². The smallest absolute Gasteiger partial charge is 0.122 e. The summed E-state index contributed by atoms with van der Waals surface area (Å²) in [4.78, 5) is 2.16. The maximum atomic E-state index is 5.84. The Bertz CT molecular complexity index is 376. The van der Waals surface area contributed by atoms with Crippen LogP contribution in [0.2, 0.25) is 0 Å². The van der Waals surface area contributed by atoms with E-state index in [1.54, 1.807) is 7.11 Å². The van der Waals surface area contributed by atoms with E-state index in [-0.39, 0.29) is 0 Å². The van der Waals surface area contributed by atoms with Crippen molar-refractivity contribution in [3.05, 3.63) is 18.2 Å². The molecule has 1 atom stereocenters. The fourth-order valence-electron chi connectivity index (χ4n) is 2.14. The summed E-state index contributed by atoms with van der Waals surface area (Å²) in [5.74, 6) is 0.791. The molecule has 1 aliphatic rings. The number of nitrogen functional groups attached to an aromatic ring is 1. The van der Waals surface area contributed by atoms with Gasteiger partial charge in [-0.1, -0.05) is 0 Å². The number of nitrogens with two attached hydrogens (primary N) is 1. The van der Waals surface area contributed by atoms with Crippen molar-refractivity contribution in [3.8, 4) is 5.75 Å². The molecule has 4 heteroatoms. The van der Waals surface area contributed by atoms with Crippen LogP contribution < -0.4 is 15.4 Å².